The predicted molar refractivity (Wildman–Crippen MR) is 112 cm³/mol. The molecule has 154 valence electrons. The number of rotatable bonds is 5. The fourth-order valence-corrected chi connectivity index (χ4v) is 5.21. The molecule has 2 aromatic carbocycles. The zero-order chi connectivity index (χ0) is 20.4. The summed E-state index contributed by atoms with van der Waals surface area (Å²) in [6.07, 6.45) is 0.932. The molecule has 1 N–H and O–H groups in total. The van der Waals surface area contributed by atoms with Crippen LogP contribution in [0.25, 0.3) is 0 Å². The Bertz CT molecular complexity index is 985. The molecule has 2 aliphatic heterocycles. The van der Waals surface area contributed by atoms with E-state index in [-0.39, 0.29) is 16.8 Å². The van der Waals surface area contributed by atoms with Crippen molar-refractivity contribution in [2.75, 3.05) is 43.1 Å². The third-order valence-electron chi connectivity index (χ3n) is 5.50. The van der Waals surface area contributed by atoms with Crippen LogP contribution in [0.3, 0.4) is 0 Å². The fraction of sp³-hybridized carbons (Fsp3) is 0.381. The maximum absolute atomic E-state index is 12.7. The van der Waals surface area contributed by atoms with Crippen molar-refractivity contribution in [1.29, 1.82) is 0 Å². The quantitative estimate of drug-likeness (QED) is 0.809. The number of sulfonamides is 1. The molecule has 2 heterocycles. The highest BCUT2D eigenvalue weighted by atomic mass is 32.2. The second-order valence-electron chi connectivity index (χ2n) is 7.28. The number of hydrogen-bond donors (Lipinski definition) is 1. The second kappa shape index (κ2) is 8.14. The number of fused-ring (bicyclic) bond motifs is 1. The Balaban J connectivity index is 1.43. The van der Waals surface area contributed by atoms with Gasteiger partial charge in [0.2, 0.25) is 15.9 Å². The van der Waals surface area contributed by atoms with Crippen molar-refractivity contribution in [3.05, 3.63) is 54.1 Å². The molecule has 1 amide bonds. The number of amides is 1. The third kappa shape index (κ3) is 4.01. The van der Waals surface area contributed by atoms with Gasteiger partial charge in [0, 0.05) is 31.0 Å². The molecule has 1 saturated heterocycles. The van der Waals surface area contributed by atoms with Gasteiger partial charge in [0.1, 0.15) is 6.04 Å². The summed E-state index contributed by atoms with van der Waals surface area (Å²) in [5.74, 6) is -0.120. The molecule has 1 fully saturated rings. The summed E-state index contributed by atoms with van der Waals surface area (Å²) in [6, 6.07) is 14.1. The molecule has 8 heteroatoms. The Morgan fingerprint density at radius 1 is 1.03 bits per heavy atom. The van der Waals surface area contributed by atoms with Gasteiger partial charge in [-0.15, -0.1) is 0 Å². The van der Waals surface area contributed by atoms with Gasteiger partial charge in [0.05, 0.1) is 18.1 Å². The fourth-order valence-electron chi connectivity index (χ4n) is 3.80. The van der Waals surface area contributed by atoms with Gasteiger partial charge in [-0.25, -0.2) is 8.42 Å². The number of para-hydroxylation sites is 1. The Hall–Kier alpha value is -2.42. The van der Waals surface area contributed by atoms with Gasteiger partial charge >= 0.3 is 0 Å². The van der Waals surface area contributed by atoms with Gasteiger partial charge in [0.25, 0.3) is 0 Å². The molecule has 7 nitrogen and oxygen atoms in total. The molecule has 0 saturated carbocycles. The van der Waals surface area contributed by atoms with Gasteiger partial charge in [-0.2, -0.15) is 4.31 Å². The minimum Gasteiger partial charge on any atom is -0.379 e. The number of nitrogens with one attached hydrogen (secondary N) is 1. The number of anilines is 2. The molecule has 0 spiro atoms. The summed E-state index contributed by atoms with van der Waals surface area (Å²) < 4.78 is 32.0. The Kier molecular flexibility index (Phi) is 5.58. The van der Waals surface area contributed by atoms with E-state index >= 15 is 0 Å². The standard InChI is InChI=1S/C21H25N3O4S/c1-16(24-11-10-17-4-2-3-5-20(17)24)21(25)22-18-6-8-19(9-7-18)29(26,27)23-12-14-28-15-13-23/h2-9,16H,10-15H2,1H3,(H,22,25)/t16-/m0/s1. The largest absolute Gasteiger partial charge is 0.379 e. The van der Waals surface area contributed by atoms with Crippen LogP contribution in [0.15, 0.2) is 53.4 Å². The van der Waals surface area contributed by atoms with Gasteiger partial charge in [-0.05, 0) is 49.2 Å². The van der Waals surface area contributed by atoms with E-state index in [2.05, 4.69) is 16.3 Å². The van der Waals surface area contributed by atoms with E-state index in [1.807, 2.05) is 25.1 Å². The van der Waals surface area contributed by atoms with Crippen molar-refractivity contribution in [2.24, 2.45) is 0 Å². The van der Waals surface area contributed by atoms with Gasteiger partial charge in [-0.1, -0.05) is 18.2 Å². The van der Waals surface area contributed by atoms with Crippen molar-refractivity contribution in [3.8, 4) is 0 Å². The lowest BCUT2D eigenvalue weighted by Gasteiger charge is -2.27. The van der Waals surface area contributed by atoms with Crippen LogP contribution in [0, 0.1) is 0 Å². The summed E-state index contributed by atoms with van der Waals surface area (Å²) in [7, 11) is -3.54. The van der Waals surface area contributed by atoms with Gasteiger partial charge in [0.15, 0.2) is 0 Å². The summed E-state index contributed by atoms with van der Waals surface area (Å²) in [6.45, 7) is 4.22. The number of carbonyl (C=O) groups is 1. The lowest BCUT2D eigenvalue weighted by atomic mass is 10.1. The monoisotopic (exact) mass is 415 g/mol. The molecule has 0 unspecified atom stereocenters. The number of morpholine rings is 1. The van der Waals surface area contributed by atoms with Crippen molar-refractivity contribution in [2.45, 2.75) is 24.3 Å². The van der Waals surface area contributed by atoms with Crippen molar-refractivity contribution in [3.63, 3.8) is 0 Å². The minimum atomic E-state index is -3.54. The number of benzene rings is 2. The zero-order valence-corrected chi connectivity index (χ0v) is 17.2. The third-order valence-corrected chi connectivity index (χ3v) is 7.41. The molecule has 4 rings (SSSR count). The summed E-state index contributed by atoms with van der Waals surface area (Å²) >= 11 is 0. The van der Waals surface area contributed by atoms with Crippen LogP contribution in [0.4, 0.5) is 11.4 Å². The molecular formula is C21H25N3O4S. The molecule has 2 aromatic rings. The van der Waals surface area contributed by atoms with Gasteiger partial charge < -0.3 is 15.0 Å². The number of hydrogen-bond acceptors (Lipinski definition) is 5. The van der Waals surface area contributed by atoms with Crippen LogP contribution in [0.5, 0.6) is 0 Å². The minimum absolute atomic E-state index is 0.120. The van der Waals surface area contributed by atoms with E-state index in [1.54, 1.807) is 12.1 Å². The van der Waals surface area contributed by atoms with Crippen molar-refractivity contribution >= 4 is 27.3 Å². The van der Waals surface area contributed by atoms with Crippen LogP contribution in [-0.4, -0.2) is 57.5 Å². The van der Waals surface area contributed by atoms with E-state index in [4.69, 9.17) is 4.74 Å². The molecule has 1 atom stereocenters. The van der Waals surface area contributed by atoms with Crippen LogP contribution in [-0.2, 0) is 26.0 Å². The number of carbonyl (C=O) groups excluding carboxylic acids is 1. The SMILES string of the molecule is C[C@@H](C(=O)Nc1ccc(S(=O)(=O)N2CCOCC2)cc1)N1CCc2ccccc21. The summed E-state index contributed by atoms with van der Waals surface area (Å²) in [4.78, 5) is 15.1. The lowest BCUT2D eigenvalue weighted by Crippen LogP contribution is -2.41. The smallest absolute Gasteiger partial charge is 0.246 e. The Morgan fingerprint density at radius 2 is 1.72 bits per heavy atom. The summed E-state index contributed by atoms with van der Waals surface area (Å²) in [5, 5.41) is 2.90. The van der Waals surface area contributed by atoms with Crippen molar-refractivity contribution in [1.82, 2.24) is 4.31 Å². The predicted octanol–water partition coefficient (Wildman–Crippen LogP) is 2.10. The van der Waals surface area contributed by atoms with E-state index in [0.29, 0.717) is 32.0 Å². The van der Waals surface area contributed by atoms with Crippen LogP contribution in [0.2, 0.25) is 0 Å². The lowest BCUT2D eigenvalue weighted by molar-refractivity contribution is -0.117. The van der Waals surface area contributed by atoms with Crippen LogP contribution in [0.1, 0.15) is 12.5 Å². The molecule has 0 bridgehead atoms. The highest BCUT2D eigenvalue weighted by Gasteiger charge is 2.28. The molecule has 2 aliphatic rings. The van der Waals surface area contributed by atoms with Gasteiger partial charge in [-0.3, -0.25) is 4.79 Å². The molecule has 29 heavy (non-hydrogen) atoms. The maximum atomic E-state index is 12.7. The number of nitrogens with zero attached hydrogens (tertiary/aromatic N) is 2. The summed E-state index contributed by atoms with van der Waals surface area (Å²) in [5.41, 5.74) is 2.93. The Labute approximate surface area is 171 Å². The van der Waals surface area contributed by atoms with E-state index in [9.17, 15) is 13.2 Å². The highest BCUT2D eigenvalue weighted by molar-refractivity contribution is 7.89. The van der Waals surface area contributed by atoms with E-state index < -0.39 is 10.0 Å². The average molecular weight is 416 g/mol. The molecule has 0 aromatic heterocycles. The second-order valence-corrected chi connectivity index (χ2v) is 9.22. The van der Waals surface area contributed by atoms with E-state index in [1.165, 1.54) is 22.0 Å². The normalized spacial score (nSPS) is 18.3. The highest BCUT2D eigenvalue weighted by Crippen LogP contribution is 2.29. The average Bonchev–Trinajstić information content (AvgIpc) is 3.18. The Morgan fingerprint density at radius 3 is 2.45 bits per heavy atom. The molecular weight excluding hydrogens is 390 g/mol. The molecule has 0 aliphatic carbocycles. The first-order chi connectivity index (χ1) is 14.0. The van der Waals surface area contributed by atoms with Crippen molar-refractivity contribution < 1.29 is 17.9 Å². The zero-order valence-electron chi connectivity index (χ0n) is 16.4. The maximum Gasteiger partial charge on any atom is 0.246 e. The first-order valence-electron chi connectivity index (χ1n) is 9.80. The molecule has 0 radical (unpaired) electrons. The van der Waals surface area contributed by atoms with Crippen LogP contribution < -0.4 is 10.2 Å². The number of ether oxygens (including phenoxy) is 1. The van der Waals surface area contributed by atoms with E-state index in [0.717, 1.165) is 18.7 Å². The van der Waals surface area contributed by atoms with Crippen LogP contribution >= 0.6 is 0 Å². The first-order valence-corrected chi connectivity index (χ1v) is 11.2. The first kappa shape index (κ1) is 19.9. The topological polar surface area (TPSA) is 79.0 Å².